The van der Waals surface area contributed by atoms with Crippen molar-refractivity contribution in [1.82, 2.24) is 4.90 Å². The van der Waals surface area contributed by atoms with Gasteiger partial charge in [0.2, 0.25) is 5.91 Å². The molecule has 2 unspecified atom stereocenters. The minimum absolute atomic E-state index is 0.162. The molecule has 1 aromatic rings. The third-order valence-electron chi connectivity index (χ3n) is 3.22. The van der Waals surface area contributed by atoms with Crippen LogP contribution >= 0.6 is 0 Å². The lowest BCUT2D eigenvalue weighted by Gasteiger charge is -2.14. The molecule has 1 aliphatic carbocycles. The Kier molecular flexibility index (Phi) is 2.51. The molecule has 1 amide bonds. The van der Waals surface area contributed by atoms with Crippen molar-refractivity contribution in [1.29, 1.82) is 0 Å². The largest absolute Gasteiger partial charge is 0.342 e. The van der Waals surface area contributed by atoms with E-state index in [4.69, 9.17) is 0 Å². The quantitative estimate of drug-likeness (QED) is 0.722. The monoisotopic (exact) mass is 203 g/mol. The van der Waals surface area contributed by atoms with E-state index >= 15 is 0 Å². The van der Waals surface area contributed by atoms with Crippen molar-refractivity contribution in [3.8, 4) is 0 Å². The molecule has 1 aliphatic rings. The van der Waals surface area contributed by atoms with Crippen LogP contribution in [0, 0.1) is 6.92 Å². The number of benzene rings is 1. The molecule has 0 N–H and O–H groups in total. The van der Waals surface area contributed by atoms with Crippen molar-refractivity contribution < 1.29 is 4.79 Å². The van der Waals surface area contributed by atoms with Gasteiger partial charge < -0.3 is 4.90 Å². The fraction of sp³-hybridized carbons (Fsp3) is 0.462. The number of hydrogen-bond donors (Lipinski definition) is 0. The van der Waals surface area contributed by atoms with E-state index in [1.54, 1.807) is 6.92 Å². The number of likely N-dealkylation sites (N-methyl/N-ethyl adjacent to an activating group) is 1. The van der Waals surface area contributed by atoms with E-state index in [1.807, 2.05) is 11.9 Å². The predicted molar refractivity (Wildman–Crippen MR) is 60.8 cm³/mol. The molecule has 0 heterocycles. The van der Waals surface area contributed by atoms with Crippen molar-refractivity contribution in [3.05, 3.63) is 35.4 Å². The first-order valence-corrected chi connectivity index (χ1v) is 5.39. The highest BCUT2D eigenvalue weighted by Crippen LogP contribution is 2.44. The Morgan fingerprint density at radius 1 is 1.47 bits per heavy atom. The molecule has 1 fully saturated rings. The van der Waals surface area contributed by atoms with Gasteiger partial charge in [-0.1, -0.05) is 29.8 Å². The van der Waals surface area contributed by atoms with E-state index in [9.17, 15) is 4.79 Å². The van der Waals surface area contributed by atoms with Crippen molar-refractivity contribution in [3.63, 3.8) is 0 Å². The second kappa shape index (κ2) is 3.69. The molecule has 2 heteroatoms. The lowest BCUT2D eigenvalue weighted by Crippen LogP contribution is -2.26. The Morgan fingerprint density at radius 2 is 2.20 bits per heavy atom. The van der Waals surface area contributed by atoms with E-state index in [-0.39, 0.29) is 5.91 Å². The van der Waals surface area contributed by atoms with Crippen LogP contribution < -0.4 is 0 Å². The van der Waals surface area contributed by atoms with Crippen LogP contribution in [0.4, 0.5) is 0 Å². The summed E-state index contributed by atoms with van der Waals surface area (Å²) in [5.41, 5.74) is 2.66. The molecule has 2 nitrogen and oxygen atoms in total. The van der Waals surface area contributed by atoms with Gasteiger partial charge in [0.15, 0.2) is 0 Å². The first kappa shape index (κ1) is 10.2. The second-order valence-electron chi connectivity index (χ2n) is 4.45. The third-order valence-corrected chi connectivity index (χ3v) is 3.22. The normalized spacial score (nSPS) is 23.7. The summed E-state index contributed by atoms with van der Waals surface area (Å²) >= 11 is 0. The van der Waals surface area contributed by atoms with Crippen LogP contribution in [0.25, 0.3) is 0 Å². The predicted octanol–water partition coefficient (Wildman–Crippen LogP) is 2.33. The van der Waals surface area contributed by atoms with Gasteiger partial charge in [-0.15, -0.1) is 0 Å². The zero-order chi connectivity index (χ0) is 11.0. The fourth-order valence-electron chi connectivity index (χ4n) is 2.10. The van der Waals surface area contributed by atoms with Crippen LogP contribution in [-0.2, 0) is 4.79 Å². The zero-order valence-electron chi connectivity index (χ0n) is 9.53. The molecular formula is C13H17NO. The van der Waals surface area contributed by atoms with E-state index in [0.29, 0.717) is 12.0 Å². The first-order chi connectivity index (χ1) is 7.09. The van der Waals surface area contributed by atoms with Gasteiger partial charge in [-0.2, -0.15) is 0 Å². The van der Waals surface area contributed by atoms with E-state index in [1.165, 1.54) is 11.1 Å². The van der Waals surface area contributed by atoms with Crippen molar-refractivity contribution in [2.45, 2.75) is 32.2 Å². The Morgan fingerprint density at radius 3 is 2.80 bits per heavy atom. The standard InChI is InChI=1S/C13H17NO/c1-9-5-4-6-11(7-9)12-8-13(12)14(3)10(2)15/h4-7,12-13H,8H2,1-3H3. The Labute approximate surface area is 90.9 Å². The number of nitrogens with zero attached hydrogens (tertiary/aromatic N) is 1. The molecule has 2 atom stereocenters. The van der Waals surface area contributed by atoms with Gasteiger partial charge in [0.05, 0.1) is 0 Å². The number of carbonyl (C=O) groups is 1. The van der Waals surface area contributed by atoms with Crippen LogP contribution in [0.5, 0.6) is 0 Å². The molecule has 0 aromatic heterocycles. The van der Waals surface area contributed by atoms with Gasteiger partial charge in [0.1, 0.15) is 0 Å². The summed E-state index contributed by atoms with van der Waals surface area (Å²) in [5, 5.41) is 0. The number of rotatable bonds is 2. The molecule has 1 saturated carbocycles. The summed E-state index contributed by atoms with van der Waals surface area (Å²) in [4.78, 5) is 13.0. The molecule has 0 saturated heterocycles. The van der Waals surface area contributed by atoms with Crippen molar-refractivity contribution >= 4 is 5.91 Å². The van der Waals surface area contributed by atoms with Crippen LogP contribution in [0.2, 0.25) is 0 Å². The molecule has 0 spiro atoms. The smallest absolute Gasteiger partial charge is 0.219 e. The van der Waals surface area contributed by atoms with Crippen molar-refractivity contribution in [2.75, 3.05) is 7.05 Å². The van der Waals surface area contributed by atoms with Crippen LogP contribution in [-0.4, -0.2) is 23.9 Å². The average Bonchev–Trinajstić information content (AvgIpc) is 2.96. The van der Waals surface area contributed by atoms with Crippen LogP contribution in [0.3, 0.4) is 0 Å². The summed E-state index contributed by atoms with van der Waals surface area (Å²) in [6, 6.07) is 9.00. The summed E-state index contributed by atoms with van der Waals surface area (Å²) in [5.74, 6) is 0.717. The van der Waals surface area contributed by atoms with Gasteiger partial charge in [0.25, 0.3) is 0 Å². The van der Waals surface area contributed by atoms with Gasteiger partial charge in [-0.3, -0.25) is 4.79 Å². The number of hydrogen-bond acceptors (Lipinski definition) is 1. The summed E-state index contributed by atoms with van der Waals surface area (Å²) in [6.07, 6.45) is 1.11. The van der Waals surface area contributed by atoms with E-state index in [0.717, 1.165) is 6.42 Å². The van der Waals surface area contributed by atoms with E-state index in [2.05, 4.69) is 31.2 Å². The maximum absolute atomic E-state index is 11.2. The van der Waals surface area contributed by atoms with Crippen LogP contribution in [0.1, 0.15) is 30.4 Å². The molecule has 15 heavy (non-hydrogen) atoms. The SMILES string of the molecule is CC(=O)N(C)C1CC1c1cccc(C)c1. The lowest BCUT2D eigenvalue weighted by atomic mass is 10.1. The highest BCUT2D eigenvalue weighted by molar-refractivity contribution is 5.74. The molecule has 0 aliphatic heterocycles. The zero-order valence-corrected chi connectivity index (χ0v) is 9.53. The molecule has 2 rings (SSSR count). The van der Waals surface area contributed by atoms with Gasteiger partial charge in [0, 0.05) is 25.9 Å². The maximum atomic E-state index is 11.2. The number of aryl methyl sites for hydroxylation is 1. The Hall–Kier alpha value is -1.31. The number of amides is 1. The minimum Gasteiger partial charge on any atom is -0.342 e. The maximum Gasteiger partial charge on any atom is 0.219 e. The topological polar surface area (TPSA) is 20.3 Å². The Bertz CT molecular complexity index is 386. The first-order valence-electron chi connectivity index (χ1n) is 5.39. The summed E-state index contributed by atoms with van der Waals surface area (Å²) in [6.45, 7) is 3.74. The molecule has 1 aromatic carbocycles. The van der Waals surface area contributed by atoms with Gasteiger partial charge in [-0.25, -0.2) is 0 Å². The summed E-state index contributed by atoms with van der Waals surface area (Å²) < 4.78 is 0. The highest BCUT2D eigenvalue weighted by atomic mass is 16.2. The fourth-order valence-corrected chi connectivity index (χ4v) is 2.10. The van der Waals surface area contributed by atoms with Gasteiger partial charge >= 0.3 is 0 Å². The molecule has 80 valence electrons. The number of carbonyl (C=O) groups excluding carboxylic acids is 1. The highest BCUT2D eigenvalue weighted by Gasteiger charge is 2.42. The van der Waals surface area contributed by atoms with E-state index < -0.39 is 0 Å². The average molecular weight is 203 g/mol. The molecule has 0 radical (unpaired) electrons. The second-order valence-corrected chi connectivity index (χ2v) is 4.45. The van der Waals surface area contributed by atoms with Crippen LogP contribution in [0.15, 0.2) is 24.3 Å². The van der Waals surface area contributed by atoms with Crippen molar-refractivity contribution in [2.24, 2.45) is 0 Å². The minimum atomic E-state index is 0.162. The molecule has 0 bridgehead atoms. The summed E-state index contributed by atoms with van der Waals surface area (Å²) in [7, 11) is 1.89. The third kappa shape index (κ3) is 2.04. The Balaban J connectivity index is 2.08. The van der Waals surface area contributed by atoms with Gasteiger partial charge in [-0.05, 0) is 18.9 Å². The lowest BCUT2D eigenvalue weighted by molar-refractivity contribution is -0.128. The molecular weight excluding hydrogens is 186 g/mol.